The van der Waals surface area contributed by atoms with Gasteiger partial charge in [-0.05, 0) is 63.6 Å². The number of phenolic OH excluding ortho intramolecular Hbond substituents is 2. The van der Waals surface area contributed by atoms with Crippen LogP contribution in [0.15, 0.2) is 18.2 Å². The Hall–Kier alpha value is -2.36. The summed E-state index contributed by atoms with van der Waals surface area (Å²) in [5.41, 5.74) is 18.2. The van der Waals surface area contributed by atoms with Gasteiger partial charge in [-0.25, -0.2) is 0 Å². The minimum absolute atomic E-state index is 0.101. The highest BCUT2D eigenvalue weighted by Gasteiger charge is 2.48. The van der Waals surface area contributed by atoms with E-state index in [1.54, 1.807) is 0 Å². The van der Waals surface area contributed by atoms with Gasteiger partial charge in [0.1, 0.15) is 11.5 Å². The first-order chi connectivity index (χ1) is 12.8. The van der Waals surface area contributed by atoms with Crippen LogP contribution < -0.4 is 11.5 Å². The lowest BCUT2D eigenvalue weighted by Crippen LogP contribution is -2.24. The summed E-state index contributed by atoms with van der Waals surface area (Å²) < 4.78 is 0. The summed E-state index contributed by atoms with van der Waals surface area (Å²) in [6, 6.07) is 5.79. The third-order valence-corrected chi connectivity index (χ3v) is 6.46. The van der Waals surface area contributed by atoms with Gasteiger partial charge in [0.05, 0.1) is 11.4 Å². The number of nitrogens with two attached hydrogens (primary N) is 2. The summed E-state index contributed by atoms with van der Waals surface area (Å²) in [4.78, 5) is 0. The van der Waals surface area contributed by atoms with E-state index in [9.17, 15) is 10.2 Å². The first-order valence-corrected chi connectivity index (χ1v) is 10.1. The zero-order valence-corrected chi connectivity index (χ0v) is 18.1. The molecular formula is C24H34N2O2. The molecule has 4 nitrogen and oxygen atoms in total. The fraction of sp³-hybridized carbons (Fsp3) is 0.500. The third-order valence-electron chi connectivity index (χ3n) is 6.46. The molecule has 0 radical (unpaired) electrons. The van der Waals surface area contributed by atoms with E-state index in [0.29, 0.717) is 11.4 Å². The number of hydrogen-bond acceptors (Lipinski definition) is 4. The molecule has 0 fully saturated rings. The number of nitrogen functional groups attached to an aromatic ring is 2. The molecule has 1 aliphatic rings. The molecule has 0 saturated heterocycles. The molecule has 1 unspecified atom stereocenters. The molecule has 28 heavy (non-hydrogen) atoms. The van der Waals surface area contributed by atoms with Crippen molar-refractivity contribution in [3.05, 3.63) is 46.0 Å². The van der Waals surface area contributed by atoms with Crippen molar-refractivity contribution < 1.29 is 10.2 Å². The van der Waals surface area contributed by atoms with Gasteiger partial charge in [0.15, 0.2) is 0 Å². The largest absolute Gasteiger partial charge is 0.506 e. The lowest BCUT2D eigenvalue weighted by Gasteiger charge is -2.30. The van der Waals surface area contributed by atoms with E-state index in [-0.39, 0.29) is 34.2 Å². The summed E-state index contributed by atoms with van der Waals surface area (Å²) in [7, 11) is 0. The fourth-order valence-corrected chi connectivity index (χ4v) is 5.23. The smallest absolute Gasteiger partial charge is 0.141 e. The molecule has 0 aliphatic heterocycles. The average Bonchev–Trinajstić information content (AvgIpc) is 2.77. The van der Waals surface area contributed by atoms with E-state index in [4.69, 9.17) is 11.5 Å². The van der Waals surface area contributed by atoms with Crippen LogP contribution in [-0.4, -0.2) is 10.2 Å². The van der Waals surface area contributed by atoms with Crippen molar-refractivity contribution in [2.24, 2.45) is 0 Å². The van der Waals surface area contributed by atoms with Crippen molar-refractivity contribution >= 4 is 11.4 Å². The van der Waals surface area contributed by atoms with E-state index in [2.05, 4.69) is 54.5 Å². The van der Waals surface area contributed by atoms with Gasteiger partial charge in [-0.1, -0.05) is 54.5 Å². The van der Waals surface area contributed by atoms with Crippen molar-refractivity contribution in [2.75, 3.05) is 11.5 Å². The molecule has 1 aliphatic carbocycles. The van der Waals surface area contributed by atoms with E-state index < -0.39 is 0 Å². The van der Waals surface area contributed by atoms with Crippen molar-refractivity contribution in [1.82, 2.24) is 0 Å². The van der Waals surface area contributed by atoms with Crippen LogP contribution in [0.1, 0.15) is 94.5 Å². The second-order valence-corrected chi connectivity index (χ2v) is 9.85. The van der Waals surface area contributed by atoms with E-state index >= 15 is 0 Å². The fourth-order valence-electron chi connectivity index (χ4n) is 5.23. The maximum atomic E-state index is 10.6. The van der Waals surface area contributed by atoms with Gasteiger partial charge in [0, 0.05) is 5.41 Å². The molecule has 6 N–H and O–H groups in total. The first-order valence-electron chi connectivity index (χ1n) is 10.1. The minimum atomic E-state index is -0.334. The molecule has 2 aromatic rings. The number of fused-ring (bicyclic) bond motifs is 1. The predicted octanol–water partition coefficient (Wildman–Crippen LogP) is 5.50. The van der Waals surface area contributed by atoms with Crippen LogP contribution in [0.3, 0.4) is 0 Å². The van der Waals surface area contributed by atoms with Gasteiger partial charge in [-0.15, -0.1) is 0 Å². The van der Waals surface area contributed by atoms with Crippen LogP contribution in [0.2, 0.25) is 0 Å². The summed E-state index contributed by atoms with van der Waals surface area (Å²) in [6.07, 6.45) is 0.875. The van der Waals surface area contributed by atoms with Crippen LogP contribution in [0, 0.1) is 0 Å². The Bertz CT molecular complexity index is 944. The topological polar surface area (TPSA) is 92.5 Å². The molecule has 1 atom stereocenters. The van der Waals surface area contributed by atoms with Crippen LogP contribution in [0.5, 0.6) is 11.5 Å². The Morgan fingerprint density at radius 1 is 0.929 bits per heavy atom. The number of hydrogen-bond donors (Lipinski definition) is 4. The highest BCUT2D eigenvalue weighted by Crippen LogP contribution is 2.58. The van der Waals surface area contributed by atoms with Gasteiger partial charge in [0.2, 0.25) is 0 Å². The number of anilines is 2. The normalized spacial score (nSPS) is 20.8. The maximum absolute atomic E-state index is 10.6. The lowest BCUT2D eigenvalue weighted by molar-refractivity contribution is 0.421. The van der Waals surface area contributed by atoms with Crippen LogP contribution in [-0.2, 0) is 10.8 Å². The highest BCUT2D eigenvalue weighted by molar-refractivity contribution is 5.71. The second-order valence-electron chi connectivity index (χ2n) is 9.85. The summed E-state index contributed by atoms with van der Waals surface area (Å²) in [6.45, 7) is 15.0. The van der Waals surface area contributed by atoms with Gasteiger partial charge >= 0.3 is 0 Å². The molecule has 0 bridgehead atoms. The van der Waals surface area contributed by atoms with Crippen LogP contribution in [0.25, 0.3) is 0 Å². The van der Waals surface area contributed by atoms with Crippen LogP contribution in [0.4, 0.5) is 11.4 Å². The Kier molecular flexibility index (Phi) is 4.61. The summed E-state index contributed by atoms with van der Waals surface area (Å²) >= 11 is 0. The van der Waals surface area contributed by atoms with E-state index in [1.165, 1.54) is 5.56 Å². The van der Waals surface area contributed by atoms with Gasteiger partial charge in [-0.2, -0.15) is 0 Å². The molecule has 0 amide bonds. The van der Waals surface area contributed by atoms with Crippen molar-refractivity contribution in [3.63, 3.8) is 0 Å². The van der Waals surface area contributed by atoms with Gasteiger partial charge in [0.25, 0.3) is 0 Å². The average molecular weight is 383 g/mol. The Morgan fingerprint density at radius 3 is 2.07 bits per heavy atom. The van der Waals surface area contributed by atoms with E-state index in [1.807, 2.05) is 12.1 Å². The summed E-state index contributed by atoms with van der Waals surface area (Å²) in [5, 5.41) is 21.0. The number of aromatic hydroxyl groups is 2. The Balaban J connectivity index is 2.36. The van der Waals surface area contributed by atoms with Crippen molar-refractivity contribution in [3.8, 4) is 11.5 Å². The van der Waals surface area contributed by atoms with Gasteiger partial charge in [-0.3, -0.25) is 0 Å². The molecule has 4 heteroatoms. The molecule has 0 aromatic heterocycles. The molecule has 3 rings (SSSR count). The number of rotatable bonds is 3. The molecule has 0 saturated carbocycles. The minimum Gasteiger partial charge on any atom is -0.506 e. The maximum Gasteiger partial charge on any atom is 0.141 e. The zero-order valence-electron chi connectivity index (χ0n) is 18.1. The predicted molar refractivity (Wildman–Crippen MR) is 117 cm³/mol. The molecule has 2 aromatic carbocycles. The zero-order chi connectivity index (χ0) is 21.2. The SMILES string of the molecule is CC(C)c1cc(C2(C)CC(C)(C)c3c2cc(O)c(N)c3C(C)C)cc(N)c1O. The number of benzene rings is 2. The quantitative estimate of drug-likeness (QED) is 0.417. The monoisotopic (exact) mass is 382 g/mol. The Morgan fingerprint density at radius 2 is 1.54 bits per heavy atom. The van der Waals surface area contributed by atoms with Gasteiger partial charge < -0.3 is 21.7 Å². The van der Waals surface area contributed by atoms with Crippen molar-refractivity contribution in [2.45, 2.75) is 77.6 Å². The van der Waals surface area contributed by atoms with Crippen LogP contribution >= 0.6 is 0 Å². The molecule has 152 valence electrons. The standard InChI is InChI=1S/C24H34N2O2/c1-12(2)15-8-14(9-17(25)22(15)28)24(7)11-23(5,6)20-16(24)10-18(27)21(26)19(20)13(3)4/h8-10,12-13,27-28H,11,25-26H2,1-7H3. The number of phenols is 2. The highest BCUT2D eigenvalue weighted by atomic mass is 16.3. The molecule has 0 heterocycles. The first kappa shape index (κ1) is 20.4. The summed E-state index contributed by atoms with van der Waals surface area (Å²) in [5.74, 6) is 0.675. The third kappa shape index (κ3) is 2.81. The lowest BCUT2D eigenvalue weighted by atomic mass is 9.74. The second kappa shape index (κ2) is 6.33. The molecular weight excluding hydrogens is 348 g/mol. The van der Waals surface area contributed by atoms with E-state index in [0.717, 1.165) is 28.7 Å². The van der Waals surface area contributed by atoms with Crippen molar-refractivity contribution in [1.29, 1.82) is 0 Å². The molecule has 0 spiro atoms. The Labute approximate surface area is 168 Å².